The van der Waals surface area contributed by atoms with E-state index in [1.54, 1.807) is 6.08 Å². The maximum atomic E-state index is 12.4. The fourth-order valence-electron chi connectivity index (χ4n) is 7.21. The Hall–Kier alpha value is -1.39. The summed E-state index contributed by atoms with van der Waals surface area (Å²) >= 11 is 0. The zero-order valence-corrected chi connectivity index (χ0v) is 35.8. The van der Waals surface area contributed by atoms with E-state index >= 15 is 0 Å². The lowest BCUT2D eigenvalue weighted by atomic mass is 10.0. The molecule has 53 heavy (non-hydrogen) atoms. The Kier molecular flexibility index (Phi) is 43.8. The molecule has 0 bridgehead atoms. The molecule has 0 spiro atoms. The van der Waals surface area contributed by atoms with E-state index in [-0.39, 0.29) is 12.5 Å². The largest absolute Gasteiger partial charge is 0.394 e. The first-order valence-electron chi connectivity index (χ1n) is 23.7. The molecule has 0 aromatic rings. The number of amides is 1. The maximum absolute atomic E-state index is 12.4. The first-order valence-corrected chi connectivity index (χ1v) is 23.7. The van der Waals surface area contributed by atoms with Crippen molar-refractivity contribution in [1.29, 1.82) is 0 Å². The normalized spacial score (nSPS) is 13.2. The average Bonchev–Trinajstić information content (AvgIpc) is 3.16. The molecule has 0 aliphatic carbocycles. The van der Waals surface area contributed by atoms with E-state index in [9.17, 15) is 15.0 Å². The van der Waals surface area contributed by atoms with Gasteiger partial charge < -0.3 is 15.5 Å². The van der Waals surface area contributed by atoms with Crippen LogP contribution in [0.4, 0.5) is 0 Å². The summed E-state index contributed by atoms with van der Waals surface area (Å²) in [4.78, 5) is 12.4. The van der Waals surface area contributed by atoms with Crippen LogP contribution in [0.1, 0.15) is 251 Å². The van der Waals surface area contributed by atoms with Crippen LogP contribution in [0.5, 0.6) is 0 Å². The second-order valence-corrected chi connectivity index (χ2v) is 16.2. The summed E-state index contributed by atoms with van der Waals surface area (Å²) in [6.45, 7) is 4.31. The zero-order valence-electron chi connectivity index (χ0n) is 35.8. The Bertz CT molecular complexity index is 806. The van der Waals surface area contributed by atoms with Gasteiger partial charge in [0.1, 0.15) is 0 Å². The smallest absolute Gasteiger partial charge is 0.220 e. The minimum absolute atomic E-state index is 0.0743. The summed E-state index contributed by atoms with van der Waals surface area (Å²) in [6, 6.07) is -0.642. The van der Waals surface area contributed by atoms with Crippen molar-refractivity contribution in [2.24, 2.45) is 0 Å². The molecule has 0 fully saturated rings. The lowest BCUT2D eigenvalue weighted by molar-refractivity contribution is -0.123. The van der Waals surface area contributed by atoms with Crippen LogP contribution in [0, 0.1) is 0 Å². The van der Waals surface area contributed by atoms with Gasteiger partial charge in [0.2, 0.25) is 5.91 Å². The predicted molar refractivity (Wildman–Crippen MR) is 235 cm³/mol. The minimum atomic E-state index is -0.867. The van der Waals surface area contributed by atoms with Gasteiger partial charge in [0.15, 0.2) is 0 Å². The van der Waals surface area contributed by atoms with Crippen LogP contribution in [0.25, 0.3) is 0 Å². The molecule has 1 amide bonds. The summed E-state index contributed by atoms with van der Waals surface area (Å²) in [5.41, 5.74) is 0. The summed E-state index contributed by atoms with van der Waals surface area (Å²) in [5, 5.41) is 23.0. The molecular formula is C49H93NO3. The van der Waals surface area contributed by atoms with Crippen molar-refractivity contribution in [3.63, 3.8) is 0 Å². The van der Waals surface area contributed by atoms with Crippen molar-refractivity contribution in [3.05, 3.63) is 36.5 Å². The van der Waals surface area contributed by atoms with Crippen LogP contribution in [0.3, 0.4) is 0 Å². The molecule has 0 aromatic carbocycles. The Morgan fingerprint density at radius 2 is 0.736 bits per heavy atom. The van der Waals surface area contributed by atoms with Gasteiger partial charge in [-0.15, -0.1) is 0 Å². The monoisotopic (exact) mass is 744 g/mol. The van der Waals surface area contributed by atoms with E-state index in [1.807, 2.05) is 6.08 Å². The maximum Gasteiger partial charge on any atom is 0.220 e. The van der Waals surface area contributed by atoms with Crippen LogP contribution < -0.4 is 5.32 Å². The number of hydrogen-bond donors (Lipinski definition) is 3. The SMILES string of the molecule is CCCCCCCCCCCC/C=C/CC/C=C/CC/C=C/C(O)C(CO)NC(=O)CCCCCCCCCCCCCCCCCCCCCCC. The van der Waals surface area contributed by atoms with Gasteiger partial charge in [0.05, 0.1) is 18.8 Å². The van der Waals surface area contributed by atoms with E-state index in [0.717, 1.165) is 38.5 Å². The molecule has 2 atom stereocenters. The minimum Gasteiger partial charge on any atom is -0.394 e. The highest BCUT2D eigenvalue weighted by Gasteiger charge is 2.17. The van der Waals surface area contributed by atoms with E-state index in [4.69, 9.17) is 0 Å². The number of allylic oxidation sites excluding steroid dienone is 5. The van der Waals surface area contributed by atoms with Crippen LogP contribution in [-0.4, -0.2) is 34.9 Å². The number of aliphatic hydroxyl groups excluding tert-OH is 2. The lowest BCUT2D eigenvalue weighted by Gasteiger charge is -2.19. The molecule has 0 saturated heterocycles. The van der Waals surface area contributed by atoms with E-state index < -0.39 is 12.1 Å². The highest BCUT2D eigenvalue weighted by atomic mass is 16.3. The molecule has 2 unspecified atom stereocenters. The fourth-order valence-corrected chi connectivity index (χ4v) is 7.21. The van der Waals surface area contributed by atoms with Gasteiger partial charge in [0, 0.05) is 6.42 Å². The Balaban J connectivity index is 3.59. The number of nitrogens with one attached hydrogen (secondary N) is 1. The third kappa shape index (κ3) is 41.6. The van der Waals surface area contributed by atoms with E-state index in [2.05, 4.69) is 43.5 Å². The highest BCUT2D eigenvalue weighted by Crippen LogP contribution is 2.16. The topological polar surface area (TPSA) is 69.6 Å². The molecule has 0 aliphatic rings. The molecule has 0 heterocycles. The van der Waals surface area contributed by atoms with Gasteiger partial charge in [-0.25, -0.2) is 0 Å². The van der Waals surface area contributed by atoms with Crippen LogP contribution in [-0.2, 0) is 4.79 Å². The van der Waals surface area contributed by atoms with Gasteiger partial charge in [-0.1, -0.05) is 237 Å². The van der Waals surface area contributed by atoms with Crippen molar-refractivity contribution in [2.75, 3.05) is 6.61 Å². The first kappa shape index (κ1) is 51.6. The third-order valence-corrected chi connectivity index (χ3v) is 10.9. The molecule has 4 heteroatoms. The quantitative estimate of drug-likeness (QED) is 0.0430. The van der Waals surface area contributed by atoms with Crippen LogP contribution >= 0.6 is 0 Å². The van der Waals surface area contributed by atoms with Crippen molar-refractivity contribution in [2.45, 2.75) is 264 Å². The predicted octanol–water partition coefficient (Wildman–Crippen LogP) is 15.0. The molecule has 312 valence electrons. The van der Waals surface area contributed by atoms with Crippen molar-refractivity contribution < 1.29 is 15.0 Å². The Morgan fingerprint density at radius 3 is 1.09 bits per heavy atom. The van der Waals surface area contributed by atoms with Gasteiger partial charge in [-0.05, 0) is 44.9 Å². The zero-order chi connectivity index (χ0) is 38.6. The summed E-state index contributed by atoms with van der Waals surface area (Å²) in [7, 11) is 0. The molecule has 4 nitrogen and oxygen atoms in total. The number of carbonyl (C=O) groups excluding carboxylic acids is 1. The van der Waals surface area contributed by atoms with E-state index in [0.29, 0.717) is 6.42 Å². The number of unbranched alkanes of at least 4 members (excludes halogenated alkanes) is 32. The standard InChI is InChI=1S/C49H93NO3/c1-3-5-7-9-11-13-15-17-19-21-23-25-27-29-31-33-35-37-39-41-43-45-49(53)50-47(46-51)48(52)44-42-40-38-36-34-32-30-28-26-24-22-20-18-16-14-12-10-8-6-4-2/h26,28,34,36,42,44,47-48,51-52H,3-25,27,29-33,35,37-41,43,45-46H2,1-2H3,(H,50,53)/b28-26+,36-34+,44-42+. The Morgan fingerprint density at radius 1 is 0.434 bits per heavy atom. The van der Waals surface area contributed by atoms with Crippen LogP contribution in [0.15, 0.2) is 36.5 Å². The molecule has 0 rings (SSSR count). The van der Waals surface area contributed by atoms with Crippen molar-refractivity contribution in [1.82, 2.24) is 5.32 Å². The molecule has 0 aromatic heterocycles. The molecule has 0 radical (unpaired) electrons. The molecular weight excluding hydrogens is 651 g/mol. The van der Waals surface area contributed by atoms with Gasteiger partial charge in [-0.3, -0.25) is 4.79 Å². The second-order valence-electron chi connectivity index (χ2n) is 16.2. The number of hydrogen-bond acceptors (Lipinski definition) is 3. The number of aliphatic hydroxyl groups is 2. The summed E-state index contributed by atoms with van der Waals surface area (Å²) in [6.07, 6.45) is 59.8. The summed E-state index contributed by atoms with van der Waals surface area (Å²) in [5.74, 6) is -0.0743. The van der Waals surface area contributed by atoms with Crippen molar-refractivity contribution in [3.8, 4) is 0 Å². The molecule has 0 aliphatic heterocycles. The van der Waals surface area contributed by atoms with Gasteiger partial charge >= 0.3 is 0 Å². The van der Waals surface area contributed by atoms with Crippen LogP contribution in [0.2, 0.25) is 0 Å². The van der Waals surface area contributed by atoms with Crippen molar-refractivity contribution >= 4 is 5.91 Å². The van der Waals surface area contributed by atoms with Gasteiger partial charge in [-0.2, -0.15) is 0 Å². The molecule has 0 saturated carbocycles. The number of carbonyl (C=O) groups is 1. The average molecular weight is 744 g/mol. The fraction of sp³-hybridized carbons (Fsp3) is 0.857. The summed E-state index contributed by atoms with van der Waals surface area (Å²) < 4.78 is 0. The second kappa shape index (κ2) is 45.0. The number of rotatable bonds is 43. The Labute approximate surface area is 331 Å². The molecule has 3 N–H and O–H groups in total. The van der Waals surface area contributed by atoms with E-state index in [1.165, 1.54) is 193 Å². The highest BCUT2D eigenvalue weighted by molar-refractivity contribution is 5.76. The third-order valence-electron chi connectivity index (χ3n) is 10.9. The first-order chi connectivity index (χ1) is 26.2. The van der Waals surface area contributed by atoms with Gasteiger partial charge in [0.25, 0.3) is 0 Å². The lowest BCUT2D eigenvalue weighted by Crippen LogP contribution is -2.45.